The van der Waals surface area contributed by atoms with Crippen molar-refractivity contribution in [3.8, 4) is 0 Å². The fraction of sp³-hybridized carbons (Fsp3) is 0.471. The van der Waals surface area contributed by atoms with Crippen LogP contribution >= 0.6 is 0 Å². The molecule has 1 fully saturated rings. The minimum Gasteiger partial charge on any atom is -0.459 e. The number of rotatable bonds is 4. The lowest BCUT2D eigenvalue weighted by atomic mass is 10.0. The SMILES string of the molecule is Cc1ccc2nc(COC(=O)CC3CCCC3)cc(=O)n2c1. The third-order valence-electron chi connectivity index (χ3n) is 4.17. The van der Waals surface area contributed by atoms with Crippen LogP contribution in [-0.2, 0) is 16.1 Å². The van der Waals surface area contributed by atoms with Gasteiger partial charge in [-0.25, -0.2) is 4.98 Å². The number of carbonyl (C=O) groups excluding carboxylic acids is 1. The molecule has 0 unspecified atom stereocenters. The zero-order valence-corrected chi connectivity index (χ0v) is 12.7. The molecular formula is C17H20N2O3. The topological polar surface area (TPSA) is 60.7 Å². The van der Waals surface area contributed by atoms with Gasteiger partial charge in [-0.2, -0.15) is 0 Å². The Balaban J connectivity index is 1.67. The highest BCUT2D eigenvalue weighted by atomic mass is 16.5. The molecule has 2 aromatic rings. The lowest BCUT2D eigenvalue weighted by Gasteiger charge is -2.09. The van der Waals surface area contributed by atoms with E-state index in [1.165, 1.54) is 23.3 Å². The first-order valence-electron chi connectivity index (χ1n) is 7.76. The van der Waals surface area contributed by atoms with Crippen LogP contribution in [0.2, 0.25) is 0 Å². The highest BCUT2D eigenvalue weighted by Gasteiger charge is 2.19. The van der Waals surface area contributed by atoms with Gasteiger partial charge in [-0.1, -0.05) is 18.9 Å². The molecule has 2 aromatic heterocycles. The summed E-state index contributed by atoms with van der Waals surface area (Å²) in [4.78, 5) is 28.3. The van der Waals surface area contributed by atoms with Crippen LogP contribution in [0, 0.1) is 12.8 Å². The fourth-order valence-corrected chi connectivity index (χ4v) is 3.00. The first-order valence-corrected chi connectivity index (χ1v) is 7.76. The van der Waals surface area contributed by atoms with E-state index in [1.807, 2.05) is 13.0 Å². The van der Waals surface area contributed by atoms with Crippen molar-refractivity contribution in [2.75, 3.05) is 0 Å². The van der Waals surface area contributed by atoms with Gasteiger partial charge in [0.1, 0.15) is 12.3 Å². The van der Waals surface area contributed by atoms with Crippen LogP contribution in [-0.4, -0.2) is 15.4 Å². The molecule has 1 saturated carbocycles. The maximum atomic E-state index is 12.1. The van der Waals surface area contributed by atoms with Crippen LogP contribution in [0.3, 0.4) is 0 Å². The van der Waals surface area contributed by atoms with E-state index in [0.29, 0.717) is 23.7 Å². The average molecular weight is 300 g/mol. The molecule has 1 aliphatic rings. The Morgan fingerprint density at radius 2 is 2.14 bits per heavy atom. The Morgan fingerprint density at radius 1 is 1.36 bits per heavy atom. The Labute approximate surface area is 128 Å². The summed E-state index contributed by atoms with van der Waals surface area (Å²) in [6, 6.07) is 5.12. The van der Waals surface area contributed by atoms with Crippen LogP contribution in [0.4, 0.5) is 0 Å². The fourth-order valence-electron chi connectivity index (χ4n) is 3.00. The number of hydrogen-bond donors (Lipinski definition) is 0. The Kier molecular flexibility index (Phi) is 4.22. The van der Waals surface area contributed by atoms with E-state index in [4.69, 9.17) is 4.74 Å². The van der Waals surface area contributed by atoms with E-state index >= 15 is 0 Å². The zero-order valence-electron chi connectivity index (χ0n) is 12.7. The molecule has 0 bridgehead atoms. The number of nitrogens with zero attached hydrogens (tertiary/aromatic N) is 2. The predicted molar refractivity (Wildman–Crippen MR) is 82.6 cm³/mol. The molecule has 1 aliphatic carbocycles. The van der Waals surface area contributed by atoms with Crippen molar-refractivity contribution < 1.29 is 9.53 Å². The zero-order chi connectivity index (χ0) is 15.5. The maximum absolute atomic E-state index is 12.1. The number of hydrogen-bond acceptors (Lipinski definition) is 4. The predicted octanol–water partition coefficient (Wildman–Crippen LogP) is 2.63. The Morgan fingerprint density at radius 3 is 2.91 bits per heavy atom. The van der Waals surface area contributed by atoms with Crippen molar-refractivity contribution in [3.63, 3.8) is 0 Å². The summed E-state index contributed by atoms with van der Waals surface area (Å²) in [5.41, 5.74) is 1.90. The number of carbonyl (C=O) groups is 1. The molecule has 0 aromatic carbocycles. The van der Waals surface area contributed by atoms with Gasteiger partial charge < -0.3 is 4.74 Å². The quantitative estimate of drug-likeness (QED) is 0.814. The molecule has 0 amide bonds. The van der Waals surface area contributed by atoms with E-state index in [-0.39, 0.29) is 18.1 Å². The van der Waals surface area contributed by atoms with Crippen molar-refractivity contribution in [1.82, 2.24) is 9.38 Å². The smallest absolute Gasteiger partial charge is 0.306 e. The number of aryl methyl sites for hydroxylation is 1. The molecule has 116 valence electrons. The number of aromatic nitrogens is 2. The van der Waals surface area contributed by atoms with Crippen LogP contribution in [0.1, 0.15) is 43.4 Å². The van der Waals surface area contributed by atoms with Crippen molar-refractivity contribution in [2.24, 2.45) is 5.92 Å². The molecule has 5 nitrogen and oxygen atoms in total. The molecule has 3 rings (SSSR count). The minimum atomic E-state index is -0.196. The summed E-state index contributed by atoms with van der Waals surface area (Å²) in [6.45, 7) is 1.98. The molecule has 5 heteroatoms. The number of ether oxygens (including phenoxy) is 1. The Bertz CT molecular complexity index is 745. The summed E-state index contributed by atoms with van der Waals surface area (Å²) < 4.78 is 6.77. The summed E-state index contributed by atoms with van der Waals surface area (Å²) in [7, 11) is 0. The third-order valence-corrected chi connectivity index (χ3v) is 4.17. The number of esters is 1. The lowest BCUT2D eigenvalue weighted by Crippen LogP contribution is -2.17. The summed E-state index contributed by atoms with van der Waals surface area (Å²) in [6.07, 6.45) is 6.88. The van der Waals surface area contributed by atoms with E-state index in [2.05, 4.69) is 4.98 Å². The average Bonchev–Trinajstić information content (AvgIpc) is 2.99. The van der Waals surface area contributed by atoms with E-state index in [1.54, 1.807) is 12.3 Å². The molecule has 0 N–H and O–H groups in total. The van der Waals surface area contributed by atoms with Gasteiger partial charge >= 0.3 is 5.97 Å². The van der Waals surface area contributed by atoms with Crippen molar-refractivity contribution in [1.29, 1.82) is 0 Å². The number of pyridine rings is 1. The maximum Gasteiger partial charge on any atom is 0.306 e. The van der Waals surface area contributed by atoms with Crippen molar-refractivity contribution in [2.45, 2.75) is 45.6 Å². The van der Waals surface area contributed by atoms with Gasteiger partial charge in [0, 0.05) is 18.7 Å². The van der Waals surface area contributed by atoms with Crippen molar-refractivity contribution >= 4 is 11.6 Å². The van der Waals surface area contributed by atoms with Gasteiger partial charge in [0.2, 0.25) is 0 Å². The van der Waals surface area contributed by atoms with E-state index < -0.39 is 0 Å². The highest BCUT2D eigenvalue weighted by Crippen LogP contribution is 2.27. The van der Waals surface area contributed by atoms with Gasteiger partial charge in [0.05, 0.1) is 5.69 Å². The van der Waals surface area contributed by atoms with Gasteiger partial charge in [-0.3, -0.25) is 14.0 Å². The van der Waals surface area contributed by atoms with Gasteiger partial charge in [-0.15, -0.1) is 0 Å². The van der Waals surface area contributed by atoms with Crippen LogP contribution in [0.15, 0.2) is 29.2 Å². The summed E-state index contributed by atoms with van der Waals surface area (Å²) in [5.74, 6) is 0.267. The normalized spacial score (nSPS) is 15.3. The van der Waals surface area contributed by atoms with E-state index in [9.17, 15) is 9.59 Å². The lowest BCUT2D eigenvalue weighted by molar-refractivity contribution is -0.146. The van der Waals surface area contributed by atoms with Gasteiger partial charge in [-0.05, 0) is 37.3 Å². The summed E-state index contributed by atoms with van der Waals surface area (Å²) >= 11 is 0. The summed E-state index contributed by atoms with van der Waals surface area (Å²) in [5, 5.41) is 0. The second-order valence-electron chi connectivity index (χ2n) is 6.04. The van der Waals surface area contributed by atoms with Crippen LogP contribution in [0.25, 0.3) is 5.65 Å². The number of fused-ring (bicyclic) bond motifs is 1. The van der Waals surface area contributed by atoms with Gasteiger partial charge in [0.25, 0.3) is 5.56 Å². The minimum absolute atomic E-state index is 0.0607. The molecule has 22 heavy (non-hydrogen) atoms. The molecule has 0 spiro atoms. The largest absolute Gasteiger partial charge is 0.459 e. The Hall–Kier alpha value is -2.17. The second-order valence-corrected chi connectivity index (χ2v) is 6.04. The van der Waals surface area contributed by atoms with Crippen molar-refractivity contribution in [3.05, 3.63) is 46.0 Å². The first-order chi connectivity index (χ1) is 10.6. The first kappa shape index (κ1) is 14.8. The van der Waals surface area contributed by atoms with Crippen LogP contribution < -0.4 is 5.56 Å². The standard InChI is InChI=1S/C17H20N2O3/c1-12-6-7-15-18-14(9-16(20)19(15)10-12)11-22-17(21)8-13-4-2-3-5-13/h6-7,9-10,13H,2-5,8,11H2,1H3. The molecule has 0 aliphatic heterocycles. The molecule has 0 radical (unpaired) electrons. The van der Waals surface area contributed by atoms with Gasteiger partial charge in [0.15, 0.2) is 0 Å². The molecule has 0 saturated heterocycles. The molecule has 2 heterocycles. The highest BCUT2D eigenvalue weighted by molar-refractivity contribution is 5.69. The monoisotopic (exact) mass is 300 g/mol. The van der Waals surface area contributed by atoms with E-state index in [0.717, 1.165) is 18.4 Å². The third kappa shape index (κ3) is 3.35. The molecular weight excluding hydrogens is 280 g/mol. The van der Waals surface area contributed by atoms with Crippen LogP contribution in [0.5, 0.6) is 0 Å². The second kappa shape index (κ2) is 6.30. The molecule has 0 atom stereocenters.